The molecule has 1 amide bonds. The Morgan fingerprint density at radius 1 is 1.12 bits per heavy atom. The molecule has 1 N–H and O–H groups in total. The van der Waals surface area contributed by atoms with Crippen molar-refractivity contribution in [1.29, 1.82) is 0 Å². The van der Waals surface area contributed by atoms with Crippen molar-refractivity contribution in [3.63, 3.8) is 0 Å². The molecule has 1 aromatic carbocycles. The van der Waals surface area contributed by atoms with Crippen LogP contribution in [0.5, 0.6) is 0 Å². The lowest BCUT2D eigenvalue weighted by Crippen LogP contribution is -2.24. The minimum Gasteiger partial charge on any atom is -0.357 e. The fourth-order valence-corrected chi connectivity index (χ4v) is 2.46. The number of fused-ring (bicyclic) bond motifs is 1. The van der Waals surface area contributed by atoms with E-state index < -0.39 is 0 Å². The molecule has 0 saturated carbocycles. The number of aromatic nitrogens is 3. The number of amides is 1. The summed E-state index contributed by atoms with van der Waals surface area (Å²) in [6, 6.07) is 9.96. The number of benzene rings is 1. The second-order valence-corrected chi connectivity index (χ2v) is 5.86. The van der Waals surface area contributed by atoms with E-state index in [4.69, 9.17) is 0 Å². The minimum absolute atomic E-state index is 0.186. The van der Waals surface area contributed by atoms with Gasteiger partial charge in [-0.25, -0.2) is 4.39 Å². The van der Waals surface area contributed by atoms with Gasteiger partial charge in [0.15, 0.2) is 11.5 Å². The zero-order valence-electron chi connectivity index (χ0n) is 13.7. The van der Waals surface area contributed by atoms with Crippen molar-refractivity contribution in [2.75, 3.05) is 26.0 Å². The third-order valence-corrected chi connectivity index (χ3v) is 3.71. The third kappa shape index (κ3) is 3.19. The molecule has 2 aromatic heterocycles. The smallest absolute Gasteiger partial charge is 0.273 e. The maximum Gasteiger partial charge on any atom is 0.273 e. The second kappa shape index (κ2) is 6.27. The van der Waals surface area contributed by atoms with E-state index in [1.54, 1.807) is 32.3 Å². The molecule has 124 valence electrons. The van der Waals surface area contributed by atoms with Crippen molar-refractivity contribution in [3.8, 4) is 0 Å². The number of carbonyl (C=O) groups is 1. The Labute approximate surface area is 138 Å². The Balaban J connectivity index is 1.76. The summed E-state index contributed by atoms with van der Waals surface area (Å²) >= 11 is 0. The van der Waals surface area contributed by atoms with Gasteiger partial charge >= 0.3 is 0 Å². The largest absolute Gasteiger partial charge is 0.357 e. The number of hydrogen-bond acceptors (Lipinski definition) is 4. The number of carbonyl (C=O) groups excluding carboxylic acids is 1. The highest BCUT2D eigenvalue weighted by molar-refractivity contribution is 5.91. The molecule has 0 saturated heterocycles. The van der Waals surface area contributed by atoms with Crippen molar-refractivity contribution >= 4 is 22.6 Å². The van der Waals surface area contributed by atoms with Crippen LogP contribution in [0.25, 0.3) is 10.9 Å². The first kappa shape index (κ1) is 15.9. The summed E-state index contributed by atoms with van der Waals surface area (Å²) in [5.41, 5.74) is 2.13. The summed E-state index contributed by atoms with van der Waals surface area (Å²) in [5.74, 6) is 0.206. The topological polar surface area (TPSA) is 65.1 Å². The van der Waals surface area contributed by atoms with E-state index in [1.165, 1.54) is 17.0 Å². The van der Waals surface area contributed by atoms with Gasteiger partial charge in [-0.2, -0.15) is 0 Å². The zero-order chi connectivity index (χ0) is 17.3. The first-order valence-electron chi connectivity index (χ1n) is 7.48. The molecule has 0 radical (unpaired) electrons. The third-order valence-electron chi connectivity index (χ3n) is 3.71. The predicted octanol–water partition coefficient (Wildman–Crippen LogP) is 2.44. The molecule has 6 nitrogen and oxygen atoms in total. The van der Waals surface area contributed by atoms with Crippen LogP contribution < -0.4 is 4.90 Å². The minimum atomic E-state index is -0.256. The molecule has 3 aromatic rings. The SMILES string of the molecule is CN(C)C(=O)c1ccc(N(C)Cc2cc3cc(F)ccc3[nH]2)nn1. The number of halogens is 1. The van der Waals surface area contributed by atoms with E-state index in [9.17, 15) is 9.18 Å². The van der Waals surface area contributed by atoms with Crippen LogP contribution in [0.2, 0.25) is 0 Å². The number of rotatable bonds is 4. The summed E-state index contributed by atoms with van der Waals surface area (Å²) in [5, 5.41) is 8.91. The number of hydrogen-bond donors (Lipinski definition) is 1. The number of nitrogens with zero attached hydrogens (tertiary/aromatic N) is 4. The van der Waals surface area contributed by atoms with Crippen LogP contribution in [-0.2, 0) is 6.54 Å². The van der Waals surface area contributed by atoms with Gasteiger partial charge in [-0.3, -0.25) is 4.79 Å². The first-order valence-corrected chi connectivity index (χ1v) is 7.48. The van der Waals surface area contributed by atoms with Crippen molar-refractivity contribution in [2.24, 2.45) is 0 Å². The Bertz CT molecular complexity index is 872. The molecule has 24 heavy (non-hydrogen) atoms. The lowest BCUT2D eigenvalue weighted by molar-refractivity contribution is 0.0821. The summed E-state index contributed by atoms with van der Waals surface area (Å²) < 4.78 is 13.3. The highest BCUT2D eigenvalue weighted by Crippen LogP contribution is 2.19. The monoisotopic (exact) mass is 327 g/mol. The molecule has 0 atom stereocenters. The summed E-state index contributed by atoms with van der Waals surface area (Å²) in [6.45, 7) is 0.561. The molecule has 0 bridgehead atoms. The van der Waals surface area contributed by atoms with Gasteiger partial charge in [-0.15, -0.1) is 10.2 Å². The number of H-pyrrole nitrogens is 1. The van der Waals surface area contributed by atoms with E-state index in [-0.39, 0.29) is 11.7 Å². The molecule has 2 heterocycles. The van der Waals surface area contributed by atoms with E-state index in [0.717, 1.165) is 16.6 Å². The van der Waals surface area contributed by atoms with Crippen molar-refractivity contribution in [3.05, 3.63) is 53.6 Å². The van der Waals surface area contributed by atoms with E-state index in [1.807, 2.05) is 18.0 Å². The standard InChI is InChI=1S/C17H18FN5O/c1-22(2)17(24)15-6-7-16(21-20-15)23(3)10-13-9-11-8-12(18)4-5-14(11)19-13/h4-9,19H,10H2,1-3H3. The Kier molecular flexibility index (Phi) is 4.16. The molecule has 0 aliphatic rings. The zero-order valence-corrected chi connectivity index (χ0v) is 13.7. The number of aromatic amines is 1. The van der Waals surface area contributed by atoms with Gasteiger partial charge in [0.1, 0.15) is 5.82 Å². The van der Waals surface area contributed by atoms with E-state index in [0.29, 0.717) is 18.1 Å². The van der Waals surface area contributed by atoms with E-state index in [2.05, 4.69) is 15.2 Å². The Hall–Kier alpha value is -2.96. The highest BCUT2D eigenvalue weighted by atomic mass is 19.1. The molecular formula is C17H18FN5O. The van der Waals surface area contributed by atoms with E-state index >= 15 is 0 Å². The van der Waals surface area contributed by atoms with Gasteiger partial charge in [0.05, 0.1) is 6.54 Å². The Morgan fingerprint density at radius 3 is 2.58 bits per heavy atom. The molecule has 0 aliphatic carbocycles. The Morgan fingerprint density at radius 2 is 1.92 bits per heavy atom. The molecule has 0 fully saturated rings. The fourth-order valence-electron chi connectivity index (χ4n) is 2.46. The predicted molar refractivity (Wildman–Crippen MR) is 90.4 cm³/mol. The quantitative estimate of drug-likeness (QED) is 0.799. The van der Waals surface area contributed by atoms with Crippen molar-refractivity contribution in [2.45, 2.75) is 6.54 Å². The van der Waals surface area contributed by atoms with Gasteiger partial charge in [0, 0.05) is 37.7 Å². The van der Waals surface area contributed by atoms with Crippen LogP contribution >= 0.6 is 0 Å². The average Bonchev–Trinajstić information content (AvgIpc) is 2.95. The number of anilines is 1. The normalized spacial score (nSPS) is 10.8. The second-order valence-electron chi connectivity index (χ2n) is 5.86. The van der Waals surface area contributed by atoms with Gasteiger partial charge in [0.2, 0.25) is 0 Å². The van der Waals surface area contributed by atoms with Gasteiger partial charge in [-0.1, -0.05) is 0 Å². The van der Waals surface area contributed by atoms with Crippen LogP contribution in [0.3, 0.4) is 0 Å². The van der Waals surface area contributed by atoms with Crippen LogP contribution in [0.4, 0.5) is 10.2 Å². The fraction of sp³-hybridized carbons (Fsp3) is 0.235. The van der Waals surface area contributed by atoms with Crippen molar-refractivity contribution in [1.82, 2.24) is 20.1 Å². The van der Waals surface area contributed by atoms with Crippen LogP contribution in [-0.4, -0.2) is 47.1 Å². The van der Waals surface area contributed by atoms with Crippen LogP contribution in [0, 0.1) is 5.82 Å². The number of nitrogens with one attached hydrogen (secondary N) is 1. The summed E-state index contributed by atoms with van der Waals surface area (Å²) in [7, 11) is 5.22. The molecule has 3 rings (SSSR count). The van der Waals surface area contributed by atoms with Crippen molar-refractivity contribution < 1.29 is 9.18 Å². The van der Waals surface area contributed by atoms with Gasteiger partial charge in [-0.05, 0) is 36.4 Å². The molecule has 0 aliphatic heterocycles. The lowest BCUT2D eigenvalue weighted by Gasteiger charge is -2.17. The summed E-state index contributed by atoms with van der Waals surface area (Å²) in [6.07, 6.45) is 0. The van der Waals surface area contributed by atoms with Crippen LogP contribution in [0.15, 0.2) is 36.4 Å². The van der Waals surface area contributed by atoms with Crippen LogP contribution in [0.1, 0.15) is 16.2 Å². The molecular weight excluding hydrogens is 309 g/mol. The molecule has 0 spiro atoms. The average molecular weight is 327 g/mol. The maximum absolute atomic E-state index is 13.3. The highest BCUT2D eigenvalue weighted by Gasteiger charge is 2.12. The summed E-state index contributed by atoms with van der Waals surface area (Å²) in [4.78, 5) is 18.4. The lowest BCUT2D eigenvalue weighted by atomic mass is 10.2. The molecule has 0 unspecified atom stereocenters. The maximum atomic E-state index is 13.3. The van der Waals surface area contributed by atoms with Gasteiger partial charge < -0.3 is 14.8 Å². The molecule has 7 heteroatoms. The first-order chi connectivity index (χ1) is 11.4. The van der Waals surface area contributed by atoms with Gasteiger partial charge in [0.25, 0.3) is 5.91 Å².